The van der Waals surface area contributed by atoms with Crippen molar-refractivity contribution >= 4 is 11.8 Å². The number of hydrogen-bond donors (Lipinski definition) is 4. The fraction of sp³-hybridized carbons (Fsp3) is 0.273. The largest absolute Gasteiger partial charge is 0.366 e. The molecule has 6 N–H and O–H groups in total. The van der Waals surface area contributed by atoms with Crippen molar-refractivity contribution in [2.24, 2.45) is 11.5 Å². The van der Waals surface area contributed by atoms with Gasteiger partial charge in [0.05, 0.1) is 29.7 Å². The predicted octanol–water partition coefficient (Wildman–Crippen LogP) is 3.28. The molecule has 2 atom stereocenters. The Kier molecular flexibility index (Phi) is 9.05. The Morgan fingerprint density at radius 3 is 2.38 bits per heavy atom. The highest BCUT2D eigenvalue weighted by Crippen LogP contribution is 2.27. The summed E-state index contributed by atoms with van der Waals surface area (Å²) < 4.78 is 1.21. The van der Waals surface area contributed by atoms with Gasteiger partial charge < -0.3 is 21.4 Å². The lowest BCUT2D eigenvalue weighted by Crippen LogP contribution is -2.46. The van der Waals surface area contributed by atoms with E-state index < -0.39 is 23.7 Å². The van der Waals surface area contributed by atoms with Crippen molar-refractivity contribution in [3.8, 4) is 16.9 Å². The number of nitrogens with one attached hydrogen (secondary N) is 2. The molecule has 12 nitrogen and oxygen atoms in total. The molecule has 0 aliphatic carbocycles. The number of nitrogens with zero attached hydrogens (tertiary/aromatic N) is 5. The normalized spacial score (nSPS) is 12.6. The van der Waals surface area contributed by atoms with Crippen LogP contribution in [0.1, 0.15) is 63.9 Å². The molecule has 232 valence electrons. The Morgan fingerprint density at radius 1 is 1.04 bits per heavy atom. The minimum absolute atomic E-state index is 0.192. The molecule has 3 aromatic carbocycles. The van der Waals surface area contributed by atoms with Gasteiger partial charge in [0.25, 0.3) is 0 Å². The van der Waals surface area contributed by atoms with Gasteiger partial charge in [-0.1, -0.05) is 49.4 Å². The first-order valence-corrected chi connectivity index (χ1v) is 14.8. The molecule has 0 unspecified atom stereocenters. The van der Waals surface area contributed by atoms with E-state index in [9.17, 15) is 14.4 Å². The van der Waals surface area contributed by atoms with E-state index in [0.717, 1.165) is 39.1 Å². The Labute approximate surface area is 260 Å². The molecule has 0 saturated carbocycles. The van der Waals surface area contributed by atoms with Gasteiger partial charge in [0, 0.05) is 12.1 Å². The molecule has 2 aromatic heterocycles. The third-order valence-electron chi connectivity index (χ3n) is 8.13. The summed E-state index contributed by atoms with van der Waals surface area (Å²) in [6, 6.07) is 17.6. The van der Waals surface area contributed by atoms with Crippen LogP contribution in [0.2, 0.25) is 0 Å². The second kappa shape index (κ2) is 13.1. The monoisotopic (exact) mass is 607 g/mol. The van der Waals surface area contributed by atoms with E-state index in [4.69, 9.17) is 11.5 Å². The van der Waals surface area contributed by atoms with E-state index >= 15 is 0 Å². The van der Waals surface area contributed by atoms with E-state index in [0.29, 0.717) is 23.5 Å². The van der Waals surface area contributed by atoms with E-state index in [1.807, 2.05) is 76.2 Å². The minimum Gasteiger partial charge on any atom is -0.366 e. The number of aryl methyl sites for hydroxylation is 3. The molecule has 5 rings (SSSR count). The molecule has 0 spiro atoms. The summed E-state index contributed by atoms with van der Waals surface area (Å²) in [6.07, 6.45) is 2.68. The maximum atomic E-state index is 14.2. The maximum Gasteiger partial charge on any atom is 0.365 e. The number of carbonyl (C=O) groups excluding carboxylic acids is 2. The summed E-state index contributed by atoms with van der Waals surface area (Å²) in [5.74, 6) is -0.189. The third-order valence-corrected chi connectivity index (χ3v) is 8.13. The first-order chi connectivity index (χ1) is 21.6. The van der Waals surface area contributed by atoms with Gasteiger partial charge in [-0.25, -0.2) is 14.9 Å². The number of aromatic amines is 2. The molecule has 45 heavy (non-hydrogen) atoms. The number of rotatable bonds is 11. The number of aromatic nitrogens is 6. The summed E-state index contributed by atoms with van der Waals surface area (Å²) in [5, 5.41) is 9.90. The zero-order valence-electron chi connectivity index (χ0n) is 25.7. The number of amides is 2. The quantitative estimate of drug-likeness (QED) is 0.178. The molecule has 0 bridgehead atoms. The molecule has 0 aliphatic heterocycles. The Hall–Kier alpha value is -5.36. The number of hydrogen-bond acceptors (Lipinski definition) is 7. The number of H-pyrrole nitrogens is 2. The van der Waals surface area contributed by atoms with Gasteiger partial charge in [-0.05, 0) is 95.6 Å². The van der Waals surface area contributed by atoms with Gasteiger partial charge >= 0.3 is 5.69 Å². The summed E-state index contributed by atoms with van der Waals surface area (Å²) in [7, 11) is 0. The third kappa shape index (κ3) is 6.60. The number of carbonyl (C=O) groups is 2. The average Bonchev–Trinajstić information content (AvgIpc) is 3.70. The zero-order valence-corrected chi connectivity index (χ0v) is 25.7. The Morgan fingerprint density at radius 2 is 1.76 bits per heavy atom. The lowest BCUT2D eigenvalue weighted by molar-refractivity contribution is -0.135. The SMILES string of the molecule is CCc1ccc(CN(C(=O)[C@@H](N)Cc2c(C)cc(C(N)=O)cc2C)[C@@H](C)c2ncc(-c3ccccc3)[nH]2)cc1-n1nn[nH]c1=O. The maximum absolute atomic E-state index is 14.2. The molecule has 5 aromatic rings. The number of primary amides is 1. The Balaban J connectivity index is 1.50. The van der Waals surface area contributed by atoms with Crippen LogP contribution in [-0.4, -0.2) is 52.9 Å². The van der Waals surface area contributed by atoms with Gasteiger partial charge in [0.15, 0.2) is 0 Å². The smallest absolute Gasteiger partial charge is 0.365 e. The van der Waals surface area contributed by atoms with Crippen molar-refractivity contribution in [2.75, 3.05) is 0 Å². The fourth-order valence-corrected chi connectivity index (χ4v) is 5.60. The van der Waals surface area contributed by atoms with Crippen LogP contribution in [0.15, 0.2) is 71.7 Å². The van der Waals surface area contributed by atoms with Crippen LogP contribution in [0.3, 0.4) is 0 Å². The van der Waals surface area contributed by atoms with Crippen LogP contribution >= 0.6 is 0 Å². The van der Waals surface area contributed by atoms with Gasteiger partial charge in [-0.15, -0.1) is 0 Å². The summed E-state index contributed by atoms with van der Waals surface area (Å²) in [6.45, 7) is 7.84. The zero-order chi connectivity index (χ0) is 32.2. The van der Waals surface area contributed by atoms with E-state index in [1.165, 1.54) is 4.68 Å². The van der Waals surface area contributed by atoms with Crippen molar-refractivity contribution in [3.63, 3.8) is 0 Å². The highest BCUT2D eigenvalue weighted by atomic mass is 16.2. The van der Waals surface area contributed by atoms with Crippen LogP contribution in [0, 0.1) is 13.8 Å². The summed E-state index contributed by atoms with van der Waals surface area (Å²) in [4.78, 5) is 48.1. The molecule has 0 fully saturated rings. The predicted molar refractivity (Wildman–Crippen MR) is 170 cm³/mol. The lowest BCUT2D eigenvalue weighted by Gasteiger charge is -2.31. The van der Waals surface area contributed by atoms with Crippen LogP contribution in [-0.2, 0) is 24.2 Å². The topological polar surface area (TPSA) is 182 Å². The first-order valence-electron chi connectivity index (χ1n) is 14.8. The highest BCUT2D eigenvalue weighted by Gasteiger charge is 2.29. The standard InChI is InChI=1S/C33H37N9O3/c1-5-23-12-11-22(15-29(23)42-33(45)38-39-40-42)18-41(21(4)31-36-17-28(37-31)24-9-7-6-8-10-24)32(44)27(34)16-26-19(2)13-25(30(35)43)14-20(26)3/h6-15,17,21,27H,5,16,18,34H2,1-4H3,(H2,35,43)(H,36,37)(H,38,40,45)/t21-,27-/m0/s1. The van der Waals surface area contributed by atoms with E-state index in [-0.39, 0.29) is 18.9 Å². The summed E-state index contributed by atoms with van der Waals surface area (Å²) in [5.41, 5.74) is 18.7. The van der Waals surface area contributed by atoms with Crippen molar-refractivity contribution in [3.05, 3.63) is 117 Å². The van der Waals surface area contributed by atoms with Crippen LogP contribution < -0.4 is 17.2 Å². The van der Waals surface area contributed by atoms with Crippen molar-refractivity contribution < 1.29 is 9.59 Å². The van der Waals surface area contributed by atoms with Crippen molar-refractivity contribution in [2.45, 2.75) is 59.2 Å². The van der Waals surface area contributed by atoms with Crippen LogP contribution in [0.4, 0.5) is 0 Å². The van der Waals surface area contributed by atoms with Gasteiger partial charge in [0.1, 0.15) is 5.82 Å². The molecule has 2 amide bonds. The van der Waals surface area contributed by atoms with Crippen LogP contribution in [0.5, 0.6) is 0 Å². The fourth-order valence-electron chi connectivity index (χ4n) is 5.60. The first kappa shape index (κ1) is 31.1. The van der Waals surface area contributed by atoms with Gasteiger partial charge in [-0.2, -0.15) is 4.68 Å². The highest BCUT2D eigenvalue weighted by molar-refractivity contribution is 5.93. The average molecular weight is 608 g/mol. The van der Waals surface area contributed by atoms with Gasteiger partial charge in [-0.3, -0.25) is 9.59 Å². The number of benzene rings is 3. The molecule has 0 radical (unpaired) electrons. The number of tetrazole rings is 1. The molecular weight excluding hydrogens is 570 g/mol. The Bertz CT molecular complexity index is 1870. The minimum atomic E-state index is -0.889. The summed E-state index contributed by atoms with van der Waals surface area (Å²) >= 11 is 0. The van der Waals surface area contributed by atoms with Crippen LogP contribution in [0.25, 0.3) is 16.9 Å². The number of imidazole rings is 1. The molecule has 0 aliphatic rings. The number of nitrogens with two attached hydrogens (primary N) is 2. The van der Waals surface area contributed by atoms with Gasteiger partial charge in [0.2, 0.25) is 11.8 Å². The van der Waals surface area contributed by atoms with E-state index in [1.54, 1.807) is 23.2 Å². The molecule has 0 saturated heterocycles. The lowest BCUT2D eigenvalue weighted by atomic mass is 9.93. The molecule has 12 heteroatoms. The molecular formula is C33H37N9O3. The van der Waals surface area contributed by atoms with Crippen molar-refractivity contribution in [1.29, 1.82) is 0 Å². The second-order valence-electron chi connectivity index (χ2n) is 11.2. The van der Waals surface area contributed by atoms with Crippen molar-refractivity contribution in [1.82, 2.24) is 35.1 Å². The second-order valence-corrected chi connectivity index (χ2v) is 11.2. The van der Waals surface area contributed by atoms with E-state index in [2.05, 4.69) is 25.5 Å². The molecule has 2 heterocycles.